The van der Waals surface area contributed by atoms with Crippen LogP contribution in [0.5, 0.6) is 0 Å². The standard InChI is InChI=1S/C12H11BrF2N2O2/c13-9-3-1-8(2-4-9)5-16-7-11(18)17(12(16)19)6-10(14)15/h1-4,10H,5-7H2. The normalized spacial score (nSPS) is 15.8. The fourth-order valence-corrected chi connectivity index (χ4v) is 2.11. The molecule has 0 radical (unpaired) electrons. The molecule has 102 valence electrons. The van der Waals surface area contributed by atoms with Crippen LogP contribution in [-0.4, -0.2) is 41.3 Å². The van der Waals surface area contributed by atoms with Crippen LogP contribution in [0.1, 0.15) is 5.56 Å². The number of amides is 3. The van der Waals surface area contributed by atoms with Gasteiger partial charge in [0.05, 0.1) is 6.54 Å². The Balaban J connectivity index is 2.04. The van der Waals surface area contributed by atoms with Crippen LogP contribution in [0, 0.1) is 0 Å². The number of hydrogen-bond acceptors (Lipinski definition) is 2. The average Bonchev–Trinajstić information content (AvgIpc) is 2.60. The summed E-state index contributed by atoms with van der Waals surface area (Å²) in [6, 6.07) is 6.58. The van der Waals surface area contributed by atoms with Gasteiger partial charge in [0.1, 0.15) is 6.54 Å². The number of benzene rings is 1. The van der Waals surface area contributed by atoms with E-state index in [1.807, 2.05) is 12.1 Å². The van der Waals surface area contributed by atoms with Crippen LogP contribution in [-0.2, 0) is 11.3 Å². The SMILES string of the molecule is O=C1CN(Cc2ccc(Br)cc2)C(=O)N1CC(F)F. The molecule has 3 amide bonds. The summed E-state index contributed by atoms with van der Waals surface area (Å²) in [5, 5.41) is 0. The Morgan fingerprint density at radius 2 is 1.84 bits per heavy atom. The number of nitrogens with zero attached hydrogens (tertiary/aromatic N) is 2. The molecule has 4 nitrogen and oxygen atoms in total. The van der Waals surface area contributed by atoms with Crippen LogP contribution in [0.2, 0.25) is 0 Å². The summed E-state index contributed by atoms with van der Waals surface area (Å²) in [5.74, 6) is -0.581. The largest absolute Gasteiger partial charge is 0.327 e. The van der Waals surface area contributed by atoms with E-state index in [0.717, 1.165) is 10.0 Å². The molecule has 1 aromatic carbocycles. The van der Waals surface area contributed by atoms with E-state index in [0.29, 0.717) is 4.90 Å². The number of carbonyl (C=O) groups is 2. The topological polar surface area (TPSA) is 40.6 Å². The predicted octanol–water partition coefficient (Wildman–Crippen LogP) is 2.48. The molecule has 1 aromatic rings. The van der Waals surface area contributed by atoms with E-state index in [2.05, 4.69) is 15.9 Å². The average molecular weight is 333 g/mol. The van der Waals surface area contributed by atoms with Crippen LogP contribution in [0.3, 0.4) is 0 Å². The maximum atomic E-state index is 12.3. The lowest BCUT2D eigenvalue weighted by Gasteiger charge is -2.16. The number of urea groups is 1. The Hall–Kier alpha value is -1.50. The summed E-state index contributed by atoms with van der Waals surface area (Å²) in [7, 11) is 0. The third-order valence-corrected chi connectivity index (χ3v) is 3.26. The molecule has 0 bridgehead atoms. The van der Waals surface area contributed by atoms with E-state index in [1.54, 1.807) is 12.1 Å². The lowest BCUT2D eigenvalue weighted by atomic mass is 10.2. The van der Waals surface area contributed by atoms with Crippen LogP contribution >= 0.6 is 15.9 Å². The molecule has 1 aliphatic heterocycles. The summed E-state index contributed by atoms with van der Waals surface area (Å²) in [4.78, 5) is 25.2. The van der Waals surface area contributed by atoms with Crippen molar-refractivity contribution in [3.05, 3.63) is 34.3 Å². The Labute approximate surface area is 117 Å². The van der Waals surface area contributed by atoms with Crippen molar-refractivity contribution in [1.29, 1.82) is 0 Å². The minimum Gasteiger partial charge on any atom is -0.311 e. The van der Waals surface area contributed by atoms with Crippen LogP contribution in [0.25, 0.3) is 0 Å². The van der Waals surface area contributed by atoms with Gasteiger partial charge >= 0.3 is 6.03 Å². The molecule has 19 heavy (non-hydrogen) atoms. The molecule has 0 spiro atoms. The molecule has 2 rings (SSSR count). The minimum absolute atomic E-state index is 0.151. The van der Waals surface area contributed by atoms with Gasteiger partial charge in [0.2, 0.25) is 0 Å². The number of imide groups is 1. The predicted molar refractivity (Wildman–Crippen MR) is 67.7 cm³/mol. The number of alkyl halides is 2. The van der Waals surface area contributed by atoms with Gasteiger partial charge in [0.25, 0.3) is 12.3 Å². The van der Waals surface area contributed by atoms with E-state index in [9.17, 15) is 18.4 Å². The van der Waals surface area contributed by atoms with Crippen molar-refractivity contribution in [3.8, 4) is 0 Å². The van der Waals surface area contributed by atoms with Gasteiger partial charge in [0, 0.05) is 11.0 Å². The molecule has 0 aliphatic carbocycles. The summed E-state index contributed by atoms with van der Waals surface area (Å²) >= 11 is 3.29. The zero-order valence-electron chi connectivity index (χ0n) is 9.85. The van der Waals surface area contributed by atoms with Gasteiger partial charge in [-0.15, -0.1) is 0 Å². The van der Waals surface area contributed by atoms with Gasteiger partial charge in [-0.3, -0.25) is 9.69 Å². The molecule has 1 fully saturated rings. The smallest absolute Gasteiger partial charge is 0.311 e. The highest BCUT2D eigenvalue weighted by Crippen LogP contribution is 2.17. The quantitative estimate of drug-likeness (QED) is 0.795. The molecule has 7 heteroatoms. The van der Waals surface area contributed by atoms with E-state index in [1.165, 1.54) is 4.90 Å². The van der Waals surface area contributed by atoms with Crippen LogP contribution in [0.4, 0.5) is 13.6 Å². The second-order valence-electron chi connectivity index (χ2n) is 4.16. The first-order valence-corrected chi connectivity index (χ1v) is 6.38. The third kappa shape index (κ3) is 3.28. The fourth-order valence-electron chi connectivity index (χ4n) is 1.85. The second kappa shape index (κ2) is 5.64. The van der Waals surface area contributed by atoms with Crippen molar-refractivity contribution in [1.82, 2.24) is 9.80 Å². The lowest BCUT2D eigenvalue weighted by Crippen LogP contribution is -2.36. The molecule has 1 heterocycles. The number of halogens is 3. The Kier molecular flexibility index (Phi) is 4.14. The van der Waals surface area contributed by atoms with Gasteiger partial charge in [-0.25, -0.2) is 13.6 Å². The molecule has 1 saturated heterocycles. The van der Waals surface area contributed by atoms with Gasteiger partial charge in [-0.1, -0.05) is 28.1 Å². The summed E-state index contributed by atoms with van der Waals surface area (Å²) in [6.07, 6.45) is -2.71. The van der Waals surface area contributed by atoms with E-state index < -0.39 is 24.9 Å². The summed E-state index contributed by atoms with van der Waals surface area (Å²) < 4.78 is 25.4. The number of hydrogen-bond donors (Lipinski definition) is 0. The fraction of sp³-hybridized carbons (Fsp3) is 0.333. The van der Waals surface area contributed by atoms with Crippen molar-refractivity contribution < 1.29 is 18.4 Å². The first kappa shape index (κ1) is 13.9. The highest BCUT2D eigenvalue weighted by atomic mass is 79.9. The maximum Gasteiger partial charge on any atom is 0.327 e. The molecular formula is C12H11BrF2N2O2. The highest BCUT2D eigenvalue weighted by Gasteiger charge is 2.37. The molecule has 0 saturated carbocycles. The van der Waals surface area contributed by atoms with E-state index >= 15 is 0 Å². The maximum absolute atomic E-state index is 12.3. The Morgan fingerprint density at radius 1 is 1.21 bits per heavy atom. The van der Waals surface area contributed by atoms with Crippen molar-refractivity contribution in [2.24, 2.45) is 0 Å². The molecule has 0 atom stereocenters. The van der Waals surface area contributed by atoms with Gasteiger partial charge < -0.3 is 4.90 Å². The summed E-state index contributed by atoms with van der Waals surface area (Å²) in [5.41, 5.74) is 0.836. The van der Waals surface area contributed by atoms with Gasteiger partial charge in [-0.2, -0.15) is 0 Å². The van der Waals surface area contributed by atoms with Gasteiger partial charge in [-0.05, 0) is 17.7 Å². The monoisotopic (exact) mass is 332 g/mol. The van der Waals surface area contributed by atoms with Gasteiger partial charge in [0.15, 0.2) is 0 Å². The van der Waals surface area contributed by atoms with E-state index in [-0.39, 0.29) is 13.1 Å². The Morgan fingerprint density at radius 3 is 2.42 bits per heavy atom. The second-order valence-corrected chi connectivity index (χ2v) is 5.08. The van der Waals surface area contributed by atoms with Crippen molar-refractivity contribution in [2.45, 2.75) is 13.0 Å². The first-order valence-electron chi connectivity index (χ1n) is 5.59. The summed E-state index contributed by atoms with van der Waals surface area (Å²) in [6.45, 7) is -0.756. The third-order valence-electron chi connectivity index (χ3n) is 2.74. The highest BCUT2D eigenvalue weighted by molar-refractivity contribution is 9.10. The number of carbonyl (C=O) groups excluding carboxylic acids is 2. The zero-order valence-corrected chi connectivity index (χ0v) is 11.4. The van der Waals surface area contributed by atoms with Crippen molar-refractivity contribution in [2.75, 3.05) is 13.1 Å². The number of rotatable bonds is 4. The van der Waals surface area contributed by atoms with Crippen LogP contribution < -0.4 is 0 Å². The molecule has 0 aromatic heterocycles. The van der Waals surface area contributed by atoms with Crippen LogP contribution in [0.15, 0.2) is 28.7 Å². The van der Waals surface area contributed by atoms with E-state index in [4.69, 9.17) is 0 Å². The van der Waals surface area contributed by atoms with Crippen molar-refractivity contribution >= 4 is 27.9 Å². The Bertz CT molecular complexity index is 493. The lowest BCUT2D eigenvalue weighted by molar-refractivity contribution is -0.126. The molecule has 0 N–H and O–H groups in total. The minimum atomic E-state index is -2.71. The first-order chi connectivity index (χ1) is 8.97. The molecule has 0 unspecified atom stereocenters. The molecule has 1 aliphatic rings. The molecular weight excluding hydrogens is 322 g/mol. The zero-order chi connectivity index (χ0) is 14.0. The van der Waals surface area contributed by atoms with Crippen molar-refractivity contribution in [3.63, 3.8) is 0 Å².